The first-order valence-corrected chi connectivity index (χ1v) is 6.16. The summed E-state index contributed by atoms with van der Waals surface area (Å²) in [4.78, 5) is 11.1. The van der Waals surface area contributed by atoms with Crippen molar-refractivity contribution in [2.75, 3.05) is 13.2 Å². The van der Waals surface area contributed by atoms with Crippen LogP contribution in [0.1, 0.15) is 19.8 Å². The first-order chi connectivity index (χ1) is 7.72. The van der Waals surface area contributed by atoms with Crippen LogP contribution in [0.4, 0.5) is 0 Å². The van der Waals surface area contributed by atoms with Gasteiger partial charge in [0.15, 0.2) is 0 Å². The van der Waals surface area contributed by atoms with Crippen LogP contribution in [0.3, 0.4) is 0 Å². The summed E-state index contributed by atoms with van der Waals surface area (Å²) < 4.78 is 6.52. The van der Waals surface area contributed by atoms with Crippen molar-refractivity contribution in [1.82, 2.24) is 5.32 Å². The van der Waals surface area contributed by atoms with E-state index in [0.29, 0.717) is 19.6 Å². The number of benzene rings is 1. The minimum atomic E-state index is 0.0851. The third kappa shape index (κ3) is 5.16. The summed E-state index contributed by atoms with van der Waals surface area (Å²) in [5.41, 5.74) is 0. The number of carbonyl (C=O) groups excluding carboxylic acids is 1. The van der Waals surface area contributed by atoms with Gasteiger partial charge in [-0.05, 0) is 37.6 Å². The Morgan fingerprint density at radius 3 is 2.69 bits per heavy atom. The molecule has 0 heterocycles. The highest BCUT2D eigenvalue weighted by Gasteiger charge is 1.99. The van der Waals surface area contributed by atoms with Crippen molar-refractivity contribution < 1.29 is 9.53 Å². The third-order valence-electron chi connectivity index (χ3n) is 2.00. The molecule has 0 aliphatic carbocycles. The molecule has 1 aromatic rings. The normalized spacial score (nSPS) is 9.88. The highest BCUT2D eigenvalue weighted by atomic mass is 79.9. The minimum Gasteiger partial charge on any atom is -0.494 e. The Morgan fingerprint density at radius 2 is 2.06 bits per heavy atom. The van der Waals surface area contributed by atoms with Gasteiger partial charge in [-0.25, -0.2) is 0 Å². The molecule has 0 aliphatic rings. The van der Waals surface area contributed by atoms with Crippen LogP contribution in [0.2, 0.25) is 0 Å². The monoisotopic (exact) mass is 285 g/mol. The van der Waals surface area contributed by atoms with Crippen molar-refractivity contribution in [3.05, 3.63) is 28.7 Å². The van der Waals surface area contributed by atoms with E-state index < -0.39 is 0 Å². The average molecular weight is 286 g/mol. The van der Waals surface area contributed by atoms with E-state index in [1.54, 1.807) is 0 Å². The first-order valence-electron chi connectivity index (χ1n) is 5.37. The summed E-state index contributed by atoms with van der Waals surface area (Å²) in [6, 6.07) is 7.66. The highest BCUT2D eigenvalue weighted by molar-refractivity contribution is 9.10. The summed E-state index contributed by atoms with van der Waals surface area (Å²) in [6.45, 7) is 3.17. The van der Waals surface area contributed by atoms with Gasteiger partial charge in [0, 0.05) is 17.4 Å². The van der Waals surface area contributed by atoms with Crippen molar-refractivity contribution >= 4 is 21.8 Å². The predicted octanol–water partition coefficient (Wildman–Crippen LogP) is 2.74. The lowest BCUT2D eigenvalue weighted by Gasteiger charge is -2.06. The van der Waals surface area contributed by atoms with Crippen LogP contribution in [0.25, 0.3) is 0 Å². The van der Waals surface area contributed by atoms with Crippen LogP contribution in [0.5, 0.6) is 5.75 Å². The molecule has 1 amide bonds. The van der Waals surface area contributed by atoms with Crippen molar-refractivity contribution in [2.45, 2.75) is 19.8 Å². The highest BCUT2D eigenvalue weighted by Crippen LogP contribution is 2.16. The van der Waals surface area contributed by atoms with Gasteiger partial charge in [0.1, 0.15) is 5.75 Å². The second kappa shape index (κ2) is 7.28. The zero-order chi connectivity index (χ0) is 11.8. The molecule has 0 radical (unpaired) electrons. The van der Waals surface area contributed by atoms with E-state index >= 15 is 0 Å². The molecule has 0 saturated carbocycles. The summed E-state index contributed by atoms with van der Waals surface area (Å²) >= 11 is 3.36. The zero-order valence-corrected chi connectivity index (χ0v) is 10.9. The Hall–Kier alpha value is -1.03. The molecule has 0 aliphatic heterocycles. The molecule has 0 atom stereocenters. The topological polar surface area (TPSA) is 38.3 Å². The number of carbonyl (C=O) groups is 1. The van der Waals surface area contributed by atoms with Crippen molar-refractivity contribution in [1.29, 1.82) is 0 Å². The summed E-state index contributed by atoms with van der Waals surface area (Å²) in [5, 5.41) is 2.75. The standard InChI is InChI=1S/C12H16BrNO2/c1-2-14-12(15)4-3-9-16-11-7-5-10(13)6-8-11/h5-8H,2-4,9H2,1H3,(H,14,15). The number of hydrogen-bond donors (Lipinski definition) is 1. The molecule has 0 saturated heterocycles. The minimum absolute atomic E-state index is 0.0851. The Bertz CT molecular complexity index is 324. The van der Waals surface area contributed by atoms with E-state index in [9.17, 15) is 4.79 Å². The molecule has 4 heteroatoms. The fourth-order valence-corrected chi connectivity index (χ4v) is 1.50. The molecule has 1 rings (SSSR count). The molecular formula is C12H16BrNO2. The maximum absolute atomic E-state index is 11.1. The molecule has 1 N–H and O–H groups in total. The summed E-state index contributed by atoms with van der Waals surface area (Å²) in [6.07, 6.45) is 1.26. The van der Waals surface area contributed by atoms with Crippen LogP contribution in [-0.2, 0) is 4.79 Å². The molecule has 0 spiro atoms. The predicted molar refractivity (Wildman–Crippen MR) is 67.6 cm³/mol. The van der Waals surface area contributed by atoms with Gasteiger partial charge in [0.2, 0.25) is 5.91 Å². The third-order valence-corrected chi connectivity index (χ3v) is 2.53. The Morgan fingerprint density at radius 1 is 1.38 bits per heavy atom. The Kier molecular flexibility index (Phi) is 5.93. The molecule has 88 valence electrons. The van der Waals surface area contributed by atoms with Crippen molar-refractivity contribution in [3.8, 4) is 5.75 Å². The summed E-state index contributed by atoms with van der Waals surface area (Å²) in [7, 11) is 0. The molecule has 3 nitrogen and oxygen atoms in total. The van der Waals surface area contributed by atoms with Crippen LogP contribution < -0.4 is 10.1 Å². The van der Waals surface area contributed by atoms with Gasteiger partial charge in [0.05, 0.1) is 6.61 Å². The molecular weight excluding hydrogens is 270 g/mol. The van der Waals surface area contributed by atoms with Crippen LogP contribution in [0, 0.1) is 0 Å². The molecule has 0 unspecified atom stereocenters. The molecule has 1 aromatic carbocycles. The number of amides is 1. The number of nitrogens with one attached hydrogen (secondary N) is 1. The van der Waals surface area contributed by atoms with E-state index in [1.165, 1.54) is 0 Å². The first kappa shape index (κ1) is 13.0. The number of ether oxygens (including phenoxy) is 1. The maximum atomic E-state index is 11.1. The smallest absolute Gasteiger partial charge is 0.220 e. The van der Waals surface area contributed by atoms with Crippen molar-refractivity contribution in [2.24, 2.45) is 0 Å². The van der Waals surface area contributed by atoms with Gasteiger partial charge in [0.25, 0.3) is 0 Å². The summed E-state index contributed by atoms with van der Waals surface area (Å²) in [5.74, 6) is 0.918. The van der Waals surface area contributed by atoms with Crippen LogP contribution >= 0.6 is 15.9 Å². The average Bonchev–Trinajstić information content (AvgIpc) is 2.27. The number of halogens is 1. The fraction of sp³-hybridized carbons (Fsp3) is 0.417. The van der Waals surface area contributed by atoms with E-state index in [1.807, 2.05) is 31.2 Å². The van der Waals surface area contributed by atoms with Gasteiger partial charge >= 0.3 is 0 Å². The number of rotatable bonds is 6. The van der Waals surface area contributed by atoms with Gasteiger partial charge in [-0.15, -0.1) is 0 Å². The van der Waals surface area contributed by atoms with Crippen LogP contribution in [-0.4, -0.2) is 19.1 Å². The lowest BCUT2D eigenvalue weighted by atomic mass is 10.3. The Labute approximate surface area is 104 Å². The van der Waals surface area contributed by atoms with Gasteiger partial charge in [-0.2, -0.15) is 0 Å². The lowest BCUT2D eigenvalue weighted by molar-refractivity contribution is -0.121. The lowest BCUT2D eigenvalue weighted by Crippen LogP contribution is -2.22. The second-order valence-electron chi connectivity index (χ2n) is 3.36. The zero-order valence-electron chi connectivity index (χ0n) is 9.33. The second-order valence-corrected chi connectivity index (χ2v) is 4.28. The van der Waals surface area contributed by atoms with Gasteiger partial charge in [-0.3, -0.25) is 4.79 Å². The molecule has 0 fully saturated rings. The van der Waals surface area contributed by atoms with E-state index in [0.717, 1.165) is 16.6 Å². The molecule has 16 heavy (non-hydrogen) atoms. The number of hydrogen-bond acceptors (Lipinski definition) is 2. The SMILES string of the molecule is CCNC(=O)CCCOc1ccc(Br)cc1. The van der Waals surface area contributed by atoms with E-state index in [-0.39, 0.29) is 5.91 Å². The van der Waals surface area contributed by atoms with Crippen LogP contribution in [0.15, 0.2) is 28.7 Å². The van der Waals surface area contributed by atoms with Gasteiger partial charge in [-0.1, -0.05) is 15.9 Å². The largest absolute Gasteiger partial charge is 0.494 e. The Balaban J connectivity index is 2.16. The maximum Gasteiger partial charge on any atom is 0.220 e. The molecule has 0 aromatic heterocycles. The van der Waals surface area contributed by atoms with E-state index in [2.05, 4.69) is 21.2 Å². The molecule has 0 bridgehead atoms. The quantitative estimate of drug-likeness (QED) is 0.817. The van der Waals surface area contributed by atoms with Crippen molar-refractivity contribution in [3.63, 3.8) is 0 Å². The fourth-order valence-electron chi connectivity index (χ4n) is 1.24. The van der Waals surface area contributed by atoms with Gasteiger partial charge < -0.3 is 10.1 Å². The van der Waals surface area contributed by atoms with E-state index in [4.69, 9.17) is 4.74 Å².